The summed E-state index contributed by atoms with van der Waals surface area (Å²) in [6.45, 7) is 4.83. The van der Waals surface area contributed by atoms with E-state index in [2.05, 4.69) is 35.1 Å². The van der Waals surface area contributed by atoms with Gasteiger partial charge in [0.2, 0.25) is 0 Å². The van der Waals surface area contributed by atoms with E-state index in [0.717, 1.165) is 55.6 Å². The van der Waals surface area contributed by atoms with Crippen molar-refractivity contribution in [3.63, 3.8) is 0 Å². The van der Waals surface area contributed by atoms with Gasteiger partial charge in [0.15, 0.2) is 0 Å². The van der Waals surface area contributed by atoms with Crippen molar-refractivity contribution in [3.05, 3.63) is 54.4 Å². The highest BCUT2D eigenvalue weighted by molar-refractivity contribution is 5.50. The molecular weight excluding hydrogens is 328 g/mol. The van der Waals surface area contributed by atoms with E-state index < -0.39 is 0 Å². The average Bonchev–Trinajstić information content (AvgIpc) is 3.15. The number of piperidine rings is 1. The number of aromatic amines is 1. The number of hydrogen-bond acceptors (Lipinski definition) is 7. The zero-order valence-electron chi connectivity index (χ0n) is 14.8. The van der Waals surface area contributed by atoms with E-state index in [1.165, 1.54) is 0 Å². The van der Waals surface area contributed by atoms with Gasteiger partial charge >= 0.3 is 0 Å². The maximum atomic E-state index is 4.69. The number of H-pyrrole nitrogens is 1. The minimum absolute atomic E-state index is 0.391. The molecule has 4 rings (SSSR count). The second kappa shape index (κ2) is 7.57. The third kappa shape index (κ3) is 4.02. The first-order valence-electron chi connectivity index (χ1n) is 8.85. The molecule has 8 heteroatoms. The van der Waals surface area contributed by atoms with Crippen LogP contribution in [0.3, 0.4) is 0 Å². The van der Waals surface area contributed by atoms with Gasteiger partial charge in [-0.3, -0.25) is 9.88 Å². The molecule has 3 aromatic rings. The minimum Gasteiger partial charge on any atom is -0.348 e. The molecule has 8 nitrogen and oxygen atoms in total. The number of likely N-dealkylation sites (tertiary alicyclic amines) is 1. The molecule has 0 amide bonds. The zero-order chi connectivity index (χ0) is 17.8. The van der Waals surface area contributed by atoms with Crippen molar-refractivity contribution in [2.45, 2.75) is 32.2 Å². The SMILES string of the molecule is Cc1nc(Nc2cnccn2)cc([C@H]2CCCN(Cc3ncc[nH]3)C2)n1. The Labute approximate surface area is 152 Å². The van der Waals surface area contributed by atoms with Crippen molar-refractivity contribution >= 4 is 11.6 Å². The molecular formula is C18H22N8. The maximum absolute atomic E-state index is 4.69. The van der Waals surface area contributed by atoms with Gasteiger partial charge in [-0.2, -0.15) is 0 Å². The predicted molar refractivity (Wildman–Crippen MR) is 97.9 cm³/mol. The Bertz CT molecular complexity index is 834. The third-order valence-electron chi connectivity index (χ3n) is 4.53. The van der Waals surface area contributed by atoms with Gasteiger partial charge in [-0.15, -0.1) is 0 Å². The van der Waals surface area contributed by atoms with Crippen LogP contribution in [0.5, 0.6) is 0 Å². The zero-order valence-corrected chi connectivity index (χ0v) is 14.8. The van der Waals surface area contributed by atoms with Crippen LogP contribution in [0.2, 0.25) is 0 Å². The molecule has 0 unspecified atom stereocenters. The Hall–Kier alpha value is -2.87. The van der Waals surface area contributed by atoms with Gasteiger partial charge in [0.05, 0.1) is 18.4 Å². The van der Waals surface area contributed by atoms with E-state index in [0.29, 0.717) is 11.7 Å². The van der Waals surface area contributed by atoms with Crippen LogP contribution >= 0.6 is 0 Å². The lowest BCUT2D eigenvalue weighted by Crippen LogP contribution is -2.34. The van der Waals surface area contributed by atoms with Gasteiger partial charge in [-0.05, 0) is 26.3 Å². The summed E-state index contributed by atoms with van der Waals surface area (Å²) in [5.74, 6) is 3.60. The Kier molecular flexibility index (Phi) is 4.83. The maximum Gasteiger partial charge on any atom is 0.150 e. The lowest BCUT2D eigenvalue weighted by molar-refractivity contribution is 0.194. The van der Waals surface area contributed by atoms with Crippen LogP contribution in [-0.4, -0.2) is 47.9 Å². The summed E-state index contributed by atoms with van der Waals surface area (Å²) in [6, 6.07) is 2.03. The Morgan fingerprint density at radius 1 is 1.19 bits per heavy atom. The second-order valence-electron chi connectivity index (χ2n) is 6.55. The molecule has 26 heavy (non-hydrogen) atoms. The smallest absolute Gasteiger partial charge is 0.150 e. The van der Waals surface area contributed by atoms with Crippen LogP contribution in [0.25, 0.3) is 0 Å². The largest absolute Gasteiger partial charge is 0.348 e. The summed E-state index contributed by atoms with van der Waals surface area (Å²) in [7, 11) is 0. The number of aromatic nitrogens is 6. The molecule has 1 aliphatic rings. The summed E-state index contributed by atoms with van der Waals surface area (Å²) in [5.41, 5.74) is 1.08. The van der Waals surface area contributed by atoms with Gasteiger partial charge in [0, 0.05) is 43.3 Å². The number of aryl methyl sites for hydroxylation is 1. The van der Waals surface area contributed by atoms with E-state index in [1.807, 2.05) is 19.2 Å². The van der Waals surface area contributed by atoms with E-state index in [-0.39, 0.29) is 0 Å². The average molecular weight is 350 g/mol. The predicted octanol–water partition coefficient (Wildman–Crippen LogP) is 2.42. The first-order chi connectivity index (χ1) is 12.8. The Morgan fingerprint density at radius 3 is 2.96 bits per heavy atom. The van der Waals surface area contributed by atoms with Crippen LogP contribution < -0.4 is 5.32 Å². The summed E-state index contributed by atoms with van der Waals surface area (Å²) in [6.07, 6.45) is 11.0. The molecule has 2 N–H and O–H groups in total. The fraction of sp³-hybridized carbons (Fsp3) is 0.389. The summed E-state index contributed by atoms with van der Waals surface area (Å²) < 4.78 is 0. The molecule has 0 radical (unpaired) electrons. The number of anilines is 2. The molecule has 3 aromatic heterocycles. The third-order valence-corrected chi connectivity index (χ3v) is 4.53. The lowest BCUT2D eigenvalue weighted by atomic mass is 9.94. The molecule has 0 bridgehead atoms. The van der Waals surface area contributed by atoms with Crippen LogP contribution in [0, 0.1) is 6.92 Å². The van der Waals surface area contributed by atoms with Gasteiger partial charge in [-0.25, -0.2) is 19.9 Å². The molecule has 0 saturated carbocycles. The summed E-state index contributed by atoms with van der Waals surface area (Å²) >= 11 is 0. The molecule has 0 aliphatic carbocycles. The summed E-state index contributed by atoms with van der Waals surface area (Å²) in [5, 5.41) is 3.22. The highest BCUT2D eigenvalue weighted by Gasteiger charge is 2.23. The first-order valence-corrected chi connectivity index (χ1v) is 8.85. The second-order valence-corrected chi connectivity index (χ2v) is 6.55. The van der Waals surface area contributed by atoms with Crippen LogP contribution in [-0.2, 0) is 6.54 Å². The van der Waals surface area contributed by atoms with Crippen molar-refractivity contribution < 1.29 is 0 Å². The van der Waals surface area contributed by atoms with Crippen molar-refractivity contribution in [2.24, 2.45) is 0 Å². The number of nitrogens with one attached hydrogen (secondary N) is 2. The van der Waals surface area contributed by atoms with E-state index in [9.17, 15) is 0 Å². The molecule has 4 heterocycles. The van der Waals surface area contributed by atoms with Crippen molar-refractivity contribution in [1.29, 1.82) is 0 Å². The topological polar surface area (TPSA) is 95.5 Å². The van der Waals surface area contributed by atoms with Gasteiger partial charge < -0.3 is 10.3 Å². The van der Waals surface area contributed by atoms with Crippen molar-refractivity contribution in [1.82, 2.24) is 34.8 Å². The standard InChI is InChI=1S/C18H22N8/c1-13-23-15(9-16(24-13)25-17-10-19-4-5-20-17)14-3-2-8-26(11-14)12-18-21-6-7-22-18/h4-7,9-10,14H,2-3,8,11-12H2,1H3,(H,21,22)(H,20,23,24,25)/t14-/m0/s1. The van der Waals surface area contributed by atoms with E-state index >= 15 is 0 Å². The number of rotatable bonds is 5. The first kappa shape index (κ1) is 16.6. The molecule has 0 aromatic carbocycles. The summed E-state index contributed by atoms with van der Waals surface area (Å²) in [4.78, 5) is 27.5. The van der Waals surface area contributed by atoms with E-state index in [4.69, 9.17) is 4.98 Å². The quantitative estimate of drug-likeness (QED) is 0.729. The van der Waals surface area contributed by atoms with Crippen molar-refractivity contribution in [2.75, 3.05) is 18.4 Å². The van der Waals surface area contributed by atoms with Crippen LogP contribution in [0.4, 0.5) is 11.6 Å². The van der Waals surface area contributed by atoms with Gasteiger partial charge in [0.25, 0.3) is 0 Å². The molecule has 1 saturated heterocycles. The fourth-order valence-corrected chi connectivity index (χ4v) is 3.40. The lowest BCUT2D eigenvalue weighted by Gasteiger charge is -2.32. The number of imidazole rings is 1. The normalized spacial score (nSPS) is 18.0. The minimum atomic E-state index is 0.391. The highest BCUT2D eigenvalue weighted by Crippen LogP contribution is 2.28. The fourth-order valence-electron chi connectivity index (χ4n) is 3.40. The molecule has 1 atom stereocenters. The van der Waals surface area contributed by atoms with E-state index in [1.54, 1.807) is 24.8 Å². The van der Waals surface area contributed by atoms with Crippen LogP contribution in [0.1, 0.15) is 36.1 Å². The van der Waals surface area contributed by atoms with Gasteiger partial charge in [0.1, 0.15) is 23.3 Å². The Morgan fingerprint density at radius 2 is 2.15 bits per heavy atom. The monoisotopic (exact) mass is 350 g/mol. The number of hydrogen-bond donors (Lipinski definition) is 2. The van der Waals surface area contributed by atoms with Crippen molar-refractivity contribution in [3.8, 4) is 0 Å². The molecule has 1 aliphatic heterocycles. The molecule has 1 fully saturated rings. The highest BCUT2D eigenvalue weighted by atomic mass is 15.2. The molecule has 134 valence electrons. The van der Waals surface area contributed by atoms with Crippen LogP contribution in [0.15, 0.2) is 37.1 Å². The Balaban J connectivity index is 1.49. The molecule has 0 spiro atoms. The van der Waals surface area contributed by atoms with Gasteiger partial charge in [-0.1, -0.05) is 0 Å². The number of nitrogens with zero attached hydrogens (tertiary/aromatic N) is 6.